The van der Waals surface area contributed by atoms with E-state index in [1.54, 1.807) is 12.1 Å². The van der Waals surface area contributed by atoms with E-state index in [1.165, 1.54) is 6.92 Å². The van der Waals surface area contributed by atoms with Gasteiger partial charge in [0.1, 0.15) is 5.76 Å². The third-order valence-electron chi connectivity index (χ3n) is 2.21. The van der Waals surface area contributed by atoms with Gasteiger partial charge in [-0.2, -0.15) is 0 Å². The zero-order valence-corrected chi connectivity index (χ0v) is 13.5. The first kappa shape index (κ1) is 13.1. The molecule has 0 aliphatic rings. The second-order valence-electron chi connectivity index (χ2n) is 3.46. The van der Waals surface area contributed by atoms with Crippen LogP contribution in [0.3, 0.4) is 0 Å². The SMILES string of the molecule is CC(=O)c1ccc(-c2c(Br)cc(Br)cc2Br)o1. The first-order chi connectivity index (χ1) is 7.99. The summed E-state index contributed by atoms with van der Waals surface area (Å²) in [5.41, 5.74) is 0.890. The maximum absolute atomic E-state index is 11.2. The molecule has 17 heavy (non-hydrogen) atoms. The number of benzene rings is 1. The molecule has 88 valence electrons. The lowest BCUT2D eigenvalue weighted by molar-refractivity contribution is 0.0988. The van der Waals surface area contributed by atoms with Crippen LogP contribution in [0.1, 0.15) is 17.5 Å². The lowest BCUT2D eigenvalue weighted by Gasteiger charge is -2.05. The lowest BCUT2D eigenvalue weighted by Crippen LogP contribution is -1.86. The molecule has 0 unspecified atom stereocenters. The summed E-state index contributed by atoms with van der Waals surface area (Å²) in [6.07, 6.45) is 0. The summed E-state index contributed by atoms with van der Waals surface area (Å²) >= 11 is 10.4. The summed E-state index contributed by atoms with van der Waals surface area (Å²) in [5, 5.41) is 0. The molecule has 0 spiro atoms. The van der Waals surface area contributed by atoms with E-state index >= 15 is 0 Å². The molecule has 0 bridgehead atoms. The van der Waals surface area contributed by atoms with Gasteiger partial charge in [0.25, 0.3) is 0 Å². The van der Waals surface area contributed by atoms with Gasteiger partial charge in [-0.1, -0.05) is 15.9 Å². The zero-order chi connectivity index (χ0) is 12.6. The molecule has 1 heterocycles. The molecule has 2 nitrogen and oxygen atoms in total. The number of hydrogen-bond acceptors (Lipinski definition) is 2. The molecule has 0 atom stereocenters. The highest BCUT2D eigenvalue weighted by Crippen LogP contribution is 2.38. The standard InChI is InChI=1S/C12H7Br3O2/c1-6(16)10-2-3-11(17-10)12-8(14)4-7(13)5-9(12)15/h2-5H,1H3. The Labute approximate surface area is 124 Å². The number of ketones is 1. The number of rotatable bonds is 2. The minimum Gasteiger partial charge on any atom is -0.453 e. The topological polar surface area (TPSA) is 30.2 Å². The van der Waals surface area contributed by atoms with Crippen LogP contribution in [0, 0.1) is 0 Å². The predicted octanol–water partition coefficient (Wildman–Crippen LogP) is 5.44. The van der Waals surface area contributed by atoms with Crippen LogP contribution >= 0.6 is 47.8 Å². The molecule has 0 aliphatic heterocycles. The molecular weight excluding hydrogens is 416 g/mol. The highest BCUT2D eigenvalue weighted by atomic mass is 79.9. The highest BCUT2D eigenvalue weighted by Gasteiger charge is 2.14. The van der Waals surface area contributed by atoms with Crippen LogP contribution in [-0.2, 0) is 0 Å². The quantitative estimate of drug-likeness (QED) is 0.603. The van der Waals surface area contributed by atoms with Crippen molar-refractivity contribution in [1.29, 1.82) is 0 Å². The largest absolute Gasteiger partial charge is 0.453 e. The third-order valence-corrected chi connectivity index (χ3v) is 3.91. The second-order valence-corrected chi connectivity index (χ2v) is 6.09. The van der Waals surface area contributed by atoms with Gasteiger partial charge in [0.2, 0.25) is 0 Å². The Morgan fingerprint density at radius 3 is 2.18 bits per heavy atom. The first-order valence-corrected chi connectivity index (χ1v) is 7.12. The van der Waals surface area contributed by atoms with E-state index in [4.69, 9.17) is 4.42 Å². The van der Waals surface area contributed by atoms with Crippen LogP contribution in [-0.4, -0.2) is 5.78 Å². The van der Waals surface area contributed by atoms with Crippen molar-refractivity contribution in [3.8, 4) is 11.3 Å². The van der Waals surface area contributed by atoms with Crippen molar-refractivity contribution in [3.05, 3.63) is 43.4 Å². The van der Waals surface area contributed by atoms with Crippen LogP contribution in [0.15, 0.2) is 42.1 Å². The van der Waals surface area contributed by atoms with E-state index in [0.29, 0.717) is 11.5 Å². The summed E-state index contributed by atoms with van der Waals surface area (Å²) in [6, 6.07) is 7.32. The molecule has 0 saturated carbocycles. The molecule has 0 amide bonds. The number of halogens is 3. The molecule has 0 fully saturated rings. The average molecular weight is 423 g/mol. The molecule has 5 heteroatoms. The summed E-state index contributed by atoms with van der Waals surface area (Å²) in [7, 11) is 0. The van der Waals surface area contributed by atoms with Crippen molar-refractivity contribution < 1.29 is 9.21 Å². The fourth-order valence-electron chi connectivity index (χ4n) is 1.44. The molecule has 0 radical (unpaired) electrons. The number of carbonyl (C=O) groups is 1. The molecule has 1 aromatic carbocycles. The van der Waals surface area contributed by atoms with Gasteiger partial charge in [-0.15, -0.1) is 0 Å². The third kappa shape index (κ3) is 2.72. The minimum absolute atomic E-state index is 0.0828. The van der Waals surface area contributed by atoms with Gasteiger partial charge in [-0.3, -0.25) is 4.79 Å². The average Bonchev–Trinajstić information content (AvgIpc) is 2.65. The lowest BCUT2D eigenvalue weighted by atomic mass is 10.2. The summed E-state index contributed by atoms with van der Waals surface area (Å²) < 4.78 is 8.25. The van der Waals surface area contributed by atoms with Crippen molar-refractivity contribution in [3.63, 3.8) is 0 Å². The van der Waals surface area contributed by atoms with Crippen molar-refractivity contribution >= 4 is 53.6 Å². The molecule has 2 aromatic rings. The van der Waals surface area contributed by atoms with Crippen molar-refractivity contribution in [2.24, 2.45) is 0 Å². The Morgan fingerprint density at radius 2 is 1.71 bits per heavy atom. The zero-order valence-electron chi connectivity index (χ0n) is 8.76. The van der Waals surface area contributed by atoms with Crippen LogP contribution in [0.25, 0.3) is 11.3 Å². The Morgan fingerprint density at radius 1 is 1.12 bits per heavy atom. The monoisotopic (exact) mass is 420 g/mol. The van der Waals surface area contributed by atoms with Crippen molar-refractivity contribution in [1.82, 2.24) is 0 Å². The predicted molar refractivity (Wildman–Crippen MR) is 77.2 cm³/mol. The van der Waals surface area contributed by atoms with Crippen LogP contribution in [0.5, 0.6) is 0 Å². The van der Waals surface area contributed by atoms with E-state index in [2.05, 4.69) is 47.8 Å². The van der Waals surface area contributed by atoms with Gasteiger partial charge in [0, 0.05) is 25.9 Å². The first-order valence-electron chi connectivity index (χ1n) is 4.74. The Balaban J connectivity index is 2.56. The van der Waals surface area contributed by atoms with Gasteiger partial charge in [0.15, 0.2) is 11.5 Å². The molecular formula is C12H7Br3O2. The van der Waals surface area contributed by atoms with E-state index in [9.17, 15) is 4.79 Å². The second kappa shape index (κ2) is 5.08. The Bertz CT molecular complexity index is 564. The number of carbonyl (C=O) groups excluding carboxylic acids is 1. The molecule has 0 N–H and O–H groups in total. The van der Waals surface area contributed by atoms with Crippen molar-refractivity contribution in [2.75, 3.05) is 0 Å². The highest BCUT2D eigenvalue weighted by molar-refractivity contribution is 9.11. The van der Waals surface area contributed by atoms with Crippen molar-refractivity contribution in [2.45, 2.75) is 6.92 Å². The fraction of sp³-hybridized carbons (Fsp3) is 0.0833. The molecule has 2 rings (SSSR count). The fourth-order valence-corrected chi connectivity index (χ4v) is 4.09. The van der Waals surface area contributed by atoms with E-state index in [-0.39, 0.29) is 5.78 Å². The van der Waals surface area contributed by atoms with E-state index in [1.807, 2.05) is 12.1 Å². The van der Waals surface area contributed by atoms with Crippen LogP contribution in [0.2, 0.25) is 0 Å². The molecule has 1 aromatic heterocycles. The number of hydrogen-bond donors (Lipinski definition) is 0. The maximum Gasteiger partial charge on any atom is 0.194 e. The van der Waals surface area contributed by atoms with Gasteiger partial charge in [-0.25, -0.2) is 0 Å². The molecule has 0 saturated heterocycles. The maximum atomic E-state index is 11.2. The number of furan rings is 1. The van der Waals surface area contributed by atoms with E-state index < -0.39 is 0 Å². The van der Waals surface area contributed by atoms with Crippen LogP contribution < -0.4 is 0 Å². The van der Waals surface area contributed by atoms with Crippen LogP contribution in [0.4, 0.5) is 0 Å². The normalized spacial score (nSPS) is 10.6. The van der Waals surface area contributed by atoms with E-state index in [0.717, 1.165) is 19.0 Å². The summed E-state index contributed by atoms with van der Waals surface area (Å²) in [4.78, 5) is 11.2. The van der Waals surface area contributed by atoms with Gasteiger partial charge >= 0.3 is 0 Å². The molecule has 0 aliphatic carbocycles. The summed E-state index contributed by atoms with van der Waals surface area (Å²) in [5.74, 6) is 0.934. The minimum atomic E-state index is -0.0828. The van der Waals surface area contributed by atoms with Gasteiger partial charge < -0.3 is 4.42 Å². The number of Topliss-reactive ketones (excluding diaryl/α,β-unsaturated/α-hetero) is 1. The van der Waals surface area contributed by atoms with Gasteiger partial charge in [-0.05, 0) is 56.1 Å². The smallest absolute Gasteiger partial charge is 0.194 e. The Kier molecular flexibility index (Phi) is 3.90. The van der Waals surface area contributed by atoms with Gasteiger partial charge in [0.05, 0.1) is 0 Å². The summed E-state index contributed by atoms with van der Waals surface area (Å²) in [6.45, 7) is 1.48. The Hall–Kier alpha value is -0.390.